The molecule has 0 radical (unpaired) electrons. The molecule has 0 aliphatic heterocycles. The number of nitrogens with two attached hydrogens (primary N) is 1. The van der Waals surface area contributed by atoms with Crippen LogP contribution in [-0.2, 0) is 16.0 Å². The fourth-order valence-corrected chi connectivity index (χ4v) is 2.15. The van der Waals surface area contributed by atoms with Crippen LogP contribution >= 0.6 is 15.9 Å². The highest BCUT2D eigenvalue weighted by Gasteiger charge is 2.17. The predicted octanol–water partition coefficient (Wildman–Crippen LogP) is 2.40. The number of halogens is 1. The Kier molecular flexibility index (Phi) is 6.71. The van der Waals surface area contributed by atoms with Gasteiger partial charge in [0.2, 0.25) is 11.8 Å². The first-order valence-electron chi connectivity index (χ1n) is 6.71. The lowest BCUT2D eigenvalue weighted by Gasteiger charge is -2.17. The summed E-state index contributed by atoms with van der Waals surface area (Å²) in [5.74, 6) is -0.940. The third-order valence-electron chi connectivity index (χ3n) is 3.12. The molecule has 1 aromatic rings. The molecule has 110 valence electrons. The molecule has 0 aliphatic carbocycles. The minimum absolute atomic E-state index is 0.0708. The maximum absolute atomic E-state index is 11.8. The molecule has 0 aliphatic rings. The van der Waals surface area contributed by atoms with Crippen molar-refractivity contribution in [1.82, 2.24) is 5.32 Å². The topological polar surface area (TPSA) is 72.2 Å². The quantitative estimate of drug-likeness (QED) is 0.799. The van der Waals surface area contributed by atoms with Crippen LogP contribution in [0.3, 0.4) is 0 Å². The van der Waals surface area contributed by atoms with Crippen LogP contribution in [0.15, 0.2) is 28.7 Å². The van der Waals surface area contributed by atoms with E-state index >= 15 is 0 Å². The number of aryl methyl sites for hydroxylation is 1. The van der Waals surface area contributed by atoms with E-state index in [-0.39, 0.29) is 24.3 Å². The van der Waals surface area contributed by atoms with Gasteiger partial charge in [-0.05, 0) is 37.5 Å². The van der Waals surface area contributed by atoms with E-state index in [0.717, 1.165) is 17.3 Å². The number of amides is 2. The Morgan fingerprint density at radius 2 is 1.85 bits per heavy atom. The molecule has 0 saturated carbocycles. The van der Waals surface area contributed by atoms with Gasteiger partial charge in [-0.3, -0.25) is 9.59 Å². The normalized spacial score (nSPS) is 13.6. The lowest BCUT2D eigenvalue weighted by Crippen LogP contribution is -2.37. The Hall–Kier alpha value is -1.36. The van der Waals surface area contributed by atoms with Crippen molar-refractivity contribution in [2.45, 2.75) is 39.2 Å². The van der Waals surface area contributed by atoms with Crippen LogP contribution in [-0.4, -0.2) is 17.9 Å². The molecule has 1 aromatic carbocycles. The lowest BCUT2D eigenvalue weighted by atomic mass is 10.0. The number of primary amides is 1. The Balaban J connectivity index is 2.36. The molecule has 0 heterocycles. The standard InChI is InChI=1S/C15H21BrN2O2/c1-10(9-14(17)19)15(20)18-11(2)3-4-12-5-7-13(16)8-6-12/h5-8,10-11H,3-4,9H2,1-2H3,(H2,17,19)(H,18,20)/t10-,11+/m1/s1. The summed E-state index contributed by atoms with van der Waals surface area (Å²) >= 11 is 3.40. The second-order valence-corrected chi connectivity index (χ2v) is 6.06. The van der Waals surface area contributed by atoms with Crippen LogP contribution < -0.4 is 11.1 Å². The second-order valence-electron chi connectivity index (χ2n) is 5.15. The van der Waals surface area contributed by atoms with Gasteiger partial charge in [0.1, 0.15) is 0 Å². The number of nitrogens with one attached hydrogen (secondary N) is 1. The first kappa shape index (κ1) is 16.7. The third kappa shape index (κ3) is 6.19. The molecule has 2 atom stereocenters. The summed E-state index contributed by atoms with van der Waals surface area (Å²) < 4.78 is 1.06. The molecule has 2 amide bonds. The molecule has 3 N–H and O–H groups in total. The summed E-state index contributed by atoms with van der Waals surface area (Å²) in [6.45, 7) is 3.68. The highest BCUT2D eigenvalue weighted by atomic mass is 79.9. The summed E-state index contributed by atoms with van der Waals surface area (Å²) in [4.78, 5) is 22.6. The molecule has 1 rings (SSSR count). The summed E-state index contributed by atoms with van der Waals surface area (Å²) in [5.41, 5.74) is 6.32. The fraction of sp³-hybridized carbons (Fsp3) is 0.467. The van der Waals surface area contributed by atoms with Gasteiger partial charge in [-0.25, -0.2) is 0 Å². The van der Waals surface area contributed by atoms with Gasteiger partial charge < -0.3 is 11.1 Å². The number of carbonyl (C=O) groups is 2. The van der Waals surface area contributed by atoms with Crippen LogP contribution in [0.4, 0.5) is 0 Å². The van der Waals surface area contributed by atoms with Crippen molar-refractivity contribution in [3.8, 4) is 0 Å². The van der Waals surface area contributed by atoms with Crippen molar-refractivity contribution >= 4 is 27.7 Å². The van der Waals surface area contributed by atoms with Crippen LogP contribution in [0.5, 0.6) is 0 Å². The van der Waals surface area contributed by atoms with Crippen LogP contribution in [0.2, 0.25) is 0 Å². The number of hydrogen-bond acceptors (Lipinski definition) is 2. The maximum atomic E-state index is 11.8. The molecule has 0 unspecified atom stereocenters. The number of rotatable bonds is 7. The first-order valence-corrected chi connectivity index (χ1v) is 7.51. The average molecular weight is 341 g/mol. The molecule has 0 fully saturated rings. The van der Waals surface area contributed by atoms with Gasteiger partial charge in [-0.15, -0.1) is 0 Å². The monoisotopic (exact) mass is 340 g/mol. The number of carbonyl (C=O) groups excluding carboxylic acids is 2. The summed E-state index contributed by atoms with van der Waals surface area (Å²) in [6, 6.07) is 8.21. The smallest absolute Gasteiger partial charge is 0.223 e. The first-order chi connectivity index (χ1) is 9.38. The minimum atomic E-state index is -0.449. The van der Waals surface area contributed by atoms with Gasteiger partial charge in [0.15, 0.2) is 0 Å². The summed E-state index contributed by atoms with van der Waals surface area (Å²) in [7, 11) is 0. The maximum Gasteiger partial charge on any atom is 0.223 e. The van der Waals surface area contributed by atoms with Gasteiger partial charge >= 0.3 is 0 Å². The highest BCUT2D eigenvalue weighted by Crippen LogP contribution is 2.12. The fourth-order valence-electron chi connectivity index (χ4n) is 1.89. The van der Waals surface area contributed by atoms with E-state index in [1.54, 1.807) is 6.92 Å². The Bertz CT molecular complexity index is 459. The van der Waals surface area contributed by atoms with Gasteiger partial charge in [-0.2, -0.15) is 0 Å². The van der Waals surface area contributed by atoms with Crippen LogP contribution in [0.25, 0.3) is 0 Å². The van der Waals surface area contributed by atoms with Gasteiger partial charge in [-0.1, -0.05) is 35.0 Å². The molecular weight excluding hydrogens is 320 g/mol. The van der Waals surface area contributed by atoms with Crippen LogP contribution in [0.1, 0.15) is 32.3 Å². The van der Waals surface area contributed by atoms with Crippen molar-refractivity contribution in [1.29, 1.82) is 0 Å². The second kappa shape index (κ2) is 8.04. The zero-order valence-electron chi connectivity index (χ0n) is 11.9. The zero-order chi connectivity index (χ0) is 15.1. The van der Waals surface area contributed by atoms with Crippen molar-refractivity contribution in [3.05, 3.63) is 34.3 Å². The van der Waals surface area contributed by atoms with Crippen molar-refractivity contribution in [2.75, 3.05) is 0 Å². The van der Waals surface area contributed by atoms with Crippen molar-refractivity contribution in [3.63, 3.8) is 0 Å². The van der Waals surface area contributed by atoms with Crippen LogP contribution in [0, 0.1) is 5.92 Å². The van der Waals surface area contributed by atoms with E-state index in [2.05, 4.69) is 33.4 Å². The minimum Gasteiger partial charge on any atom is -0.370 e. The molecule has 0 bridgehead atoms. The molecule has 0 aromatic heterocycles. The van der Waals surface area contributed by atoms with E-state index in [1.165, 1.54) is 5.56 Å². The van der Waals surface area contributed by atoms with E-state index in [1.807, 2.05) is 19.1 Å². The largest absolute Gasteiger partial charge is 0.370 e. The molecule has 4 nitrogen and oxygen atoms in total. The third-order valence-corrected chi connectivity index (χ3v) is 3.65. The van der Waals surface area contributed by atoms with E-state index in [0.29, 0.717) is 0 Å². The zero-order valence-corrected chi connectivity index (χ0v) is 13.4. The molecule has 0 spiro atoms. The molecule has 0 saturated heterocycles. The van der Waals surface area contributed by atoms with Gasteiger partial charge in [0, 0.05) is 22.9 Å². The molecular formula is C15H21BrN2O2. The van der Waals surface area contributed by atoms with Crippen molar-refractivity contribution < 1.29 is 9.59 Å². The molecule has 20 heavy (non-hydrogen) atoms. The Labute approximate surface area is 128 Å². The van der Waals surface area contributed by atoms with E-state index in [4.69, 9.17) is 5.73 Å². The van der Waals surface area contributed by atoms with Crippen molar-refractivity contribution in [2.24, 2.45) is 11.7 Å². The summed E-state index contributed by atoms with van der Waals surface area (Å²) in [5, 5.41) is 2.91. The Morgan fingerprint density at radius 1 is 1.25 bits per heavy atom. The number of hydrogen-bond donors (Lipinski definition) is 2. The van der Waals surface area contributed by atoms with E-state index < -0.39 is 5.91 Å². The lowest BCUT2D eigenvalue weighted by molar-refractivity contribution is -0.129. The SMILES string of the molecule is C[C@H](CC(N)=O)C(=O)N[C@@H](C)CCc1ccc(Br)cc1. The van der Waals surface area contributed by atoms with E-state index in [9.17, 15) is 9.59 Å². The Morgan fingerprint density at radius 3 is 2.40 bits per heavy atom. The summed E-state index contributed by atoms with van der Waals surface area (Å²) in [6.07, 6.45) is 1.85. The number of benzene rings is 1. The van der Waals surface area contributed by atoms with Gasteiger partial charge in [0.05, 0.1) is 0 Å². The highest BCUT2D eigenvalue weighted by molar-refractivity contribution is 9.10. The molecule has 5 heteroatoms. The van der Waals surface area contributed by atoms with Gasteiger partial charge in [0.25, 0.3) is 0 Å². The average Bonchev–Trinajstić information content (AvgIpc) is 2.37. The predicted molar refractivity (Wildman–Crippen MR) is 83.0 cm³/mol.